The maximum absolute atomic E-state index is 12.1. The van der Waals surface area contributed by atoms with Gasteiger partial charge in [0.15, 0.2) is 5.79 Å². The second-order valence-electron chi connectivity index (χ2n) is 8.31. The van der Waals surface area contributed by atoms with Crippen LogP contribution in [0.2, 0.25) is 0 Å². The molecular formula is C17H31NO4. The lowest BCUT2D eigenvalue weighted by Crippen LogP contribution is -2.67. The third-order valence-corrected chi connectivity index (χ3v) is 5.30. The molecule has 2 rings (SSSR count). The van der Waals surface area contributed by atoms with Gasteiger partial charge in [0.25, 0.3) is 0 Å². The Bertz CT molecular complexity index is 416. The summed E-state index contributed by atoms with van der Waals surface area (Å²) < 4.78 is 17.5. The van der Waals surface area contributed by atoms with Crippen molar-refractivity contribution in [2.75, 3.05) is 26.9 Å². The smallest absolute Gasteiger partial charge is 0.316 e. The van der Waals surface area contributed by atoms with Crippen LogP contribution < -0.4 is 0 Å². The van der Waals surface area contributed by atoms with Crippen molar-refractivity contribution in [3.8, 4) is 0 Å². The quantitative estimate of drug-likeness (QED) is 0.733. The van der Waals surface area contributed by atoms with Crippen molar-refractivity contribution in [3.63, 3.8) is 0 Å². The van der Waals surface area contributed by atoms with E-state index < -0.39 is 11.2 Å². The highest BCUT2D eigenvalue weighted by atomic mass is 16.7. The van der Waals surface area contributed by atoms with Crippen molar-refractivity contribution in [2.24, 2.45) is 5.41 Å². The lowest BCUT2D eigenvalue weighted by Gasteiger charge is -2.59. The Morgan fingerprint density at radius 3 is 1.91 bits per heavy atom. The molecule has 0 unspecified atom stereocenters. The van der Waals surface area contributed by atoms with Gasteiger partial charge in [0.05, 0.1) is 19.8 Å². The zero-order chi connectivity index (χ0) is 16.8. The number of ether oxygens (including phenoxy) is 3. The molecular weight excluding hydrogens is 282 g/mol. The van der Waals surface area contributed by atoms with Crippen LogP contribution in [0, 0.1) is 5.41 Å². The number of piperidine rings is 1. The second kappa shape index (κ2) is 5.46. The first-order chi connectivity index (χ1) is 9.96. The van der Waals surface area contributed by atoms with Gasteiger partial charge >= 0.3 is 5.97 Å². The predicted molar refractivity (Wildman–Crippen MR) is 84.5 cm³/mol. The number of nitrogens with zero attached hydrogens (tertiary/aromatic N) is 1. The summed E-state index contributed by atoms with van der Waals surface area (Å²) in [4.78, 5) is 14.5. The van der Waals surface area contributed by atoms with E-state index >= 15 is 0 Å². The molecule has 128 valence electrons. The van der Waals surface area contributed by atoms with Crippen LogP contribution in [0.3, 0.4) is 0 Å². The normalized spacial score (nSPS) is 29.2. The van der Waals surface area contributed by atoms with E-state index in [2.05, 4.69) is 39.6 Å². The number of esters is 1. The summed E-state index contributed by atoms with van der Waals surface area (Å²) in [6.07, 6.45) is 1.58. The van der Waals surface area contributed by atoms with E-state index in [-0.39, 0.29) is 17.0 Å². The summed E-state index contributed by atoms with van der Waals surface area (Å²) in [6.45, 7) is 13.6. The molecule has 2 heterocycles. The van der Waals surface area contributed by atoms with E-state index in [9.17, 15) is 4.79 Å². The Hall–Kier alpha value is -0.650. The highest BCUT2D eigenvalue weighted by Crippen LogP contribution is 2.47. The van der Waals surface area contributed by atoms with Crippen LogP contribution in [0.5, 0.6) is 0 Å². The van der Waals surface area contributed by atoms with Crippen LogP contribution in [-0.2, 0) is 19.0 Å². The average Bonchev–Trinajstić information content (AvgIpc) is 2.40. The van der Waals surface area contributed by atoms with Gasteiger partial charge < -0.3 is 14.2 Å². The van der Waals surface area contributed by atoms with Crippen LogP contribution in [0.4, 0.5) is 0 Å². The highest BCUT2D eigenvalue weighted by Gasteiger charge is 2.56. The van der Waals surface area contributed by atoms with Crippen LogP contribution in [-0.4, -0.2) is 54.6 Å². The summed E-state index contributed by atoms with van der Waals surface area (Å²) >= 11 is 0. The Labute approximate surface area is 134 Å². The maximum atomic E-state index is 12.1. The lowest BCUT2D eigenvalue weighted by atomic mass is 9.75. The minimum atomic E-state index is -0.709. The Balaban J connectivity index is 2.14. The molecule has 0 saturated carbocycles. The van der Waals surface area contributed by atoms with Crippen molar-refractivity contribution in [1.82, 2.24) is 4.90 Å². The van der Waals surface area contributed by atoms with Crippen LogP contribution >= 0.6 is 0 Å². The Kier molecular flexibility index (Phi) is 4.39. The topological polar surface area (TPSA) is 48.0 Å². The van der Waals surface area contributed by atoms with E-state index in [1.807, 2.05) is 13.8 Å². The van der Waals surface area contributed by atoms with Crippen LogP contribution in [0.15, 0.2) is 0 Å². The van der Waals surface area contributed by atoms with Gasteiger partial charge in [0, 0.05) is 23.9 Å². The molecule has 0 aliphatic carbocycles. The van der Waals surface area contributed by atoms with Gasteiger partial charge in [-0.1, -0.05) is 0 Å². The zero-order valence-electron chi connectivity index (χ0n) is 15.1. The van der Waals surface area contributed by atoms with Crippen molar-refractivity contribution in [3.05, 3.63) is 0 Å². The Morgan fingerprint density at radius 1 is 1.05 bits per heavy atom. The molecule has 1 spiro atoms. The molecule has 0 atom stereocenters. The highest BCUT2D eigenvalue weighted by molar-refractivity contribution is 5.76. The standard InChI is InChI=1S/C17H31NO4/c1-8-20-13(19)16(6)11-21-17(22-12-16)9-14(2,3)18(7)15(4,5)10-17/h8-12H2,1-7H3. The summed E-state index contributed by atoms with van der Waals surface area (Å²) in [5.41, 5.74) is -0.766. The SMILES string of the molecule is CCOC(=O)C1(C)COC2(CC(C)(C)N(C)C(C)(C)C2)OC1. The van der Waals surface area contributed by atoms with Gasteiger partial charge in [0.2, 0.25) is 0 Å². The molecule has 0 aromatic carbocycles. The van der Waals surface area contributed by atoms with Gasteiger partial charge in [-0.15, -0.1) is 0 Å². The molecule has 0 radical (unpaired) electrons. The molecule has 22 heavy (non-hydrogen) atoms. The molecule has 0 bridgehead atoms. The predicted octanol–water partition coefficient (Wildman–Crippen LogP) is 2.58. The Morgan fingerprint density at radius 2 is 1.50 bits per heavy atom. The fourth-order valence-electron chi connectivity index (χ4n) is 3.73. The van der Waals surface area contributed by atoms with Crippen molar-refractivity contribution in [1.29, 1.82) is 0 Å². The number of likely N-dealkylation sites (tertiary alicyclic amines) is 1. The first kappa shape index (κ1) is 17.7. The molecule has 5 nitrogen and oxygen atoms in total. The molecule has 0 aromatic heterocycles. The minimum Gasteiger partial charge on any atom is -0.465 e. The first-order valence-electron chi connectivity index (χ1n) is 8.16. The number of carbonyl (C=O) groups is 1. The molecule has 0 amide bonds. The molecule has 2 saturated heterocycles. The van der Waals surface area contributed by atoms with Gasteiger partial charge in [0.1, 0.15) is 5.41 Å². The largest absolute Gasteiger partial charge is 0.465 e. The molecule has 0 N–H and O–H groups in total. The molecule has 0 aromatic rings. The van der Waals surface area contributed by atoms with E-state index in [1.54, 1.807) is 0 Å². The monoisotopic (exact) mass is 313 g/mol. The lowest BCUT2D eigenvalue weighted by molar-refractivity contribution is -0.336. The molecule has 5 heteroatoms. The summed E-state index contributed by atoms with van der Waals surface area (Å²) in [5.74, 6) is -0.845. The van der Waals surface area contributed by atoms with Gasteiger partial charge in [-0.3, -0.25) is 9.69 Å². The van der Waals surface area contributed by atoms with E-state index in [1.165, 1.54) is 0 Å². The van der Waals surface area contributed by atoms with Gasteiger partial charge in [-0.25, -0.2) is 0 Å². The van der Waals surface area contributed by atoms with Gasteiger partial charge in [-0.05, 0) is 48.6 Å². The summed E-state index contributed by atoms with van der Waals surface area (Å²) in [5, 5.41) is 0. The van der Waals surface area contributed by atoms with Crippen molar-refractivity contribution in [2.45, 2.75) is 71.2 Å². The van der Waals surface area contributed by atoms with Crippen LogP contribution in [0.1, 0.15) is 54.4 Å². The first-order valence-corrected chi connectivity index (χ1v) is 8.16. The number of hydrogen-bond donors (Lipinski definition) is 0. The summed E-state index contributed by atoms with van der Waals surface area (Å²) in [6, 6.07) is 0. The average molecular weight is 313 g/mol. The number of rotatable bonds is 2. The second-order valence-corrected chi connectivity index (χ2v) is 8.31. The van der Waals surface area contributed by atoms with Crippen molar-refractivity contribution >= 4 is 5.97 Å². The van der Waals surface area contributed by atoms with E-state index in [0.717, 1.165) is 12.8 Å². The zero-order valence-corrected chi connectivity index (χ0v) is 15.1. The summed E-state index contributed by atoms with van der Waals surface area (Å²) in [7, 11) is 2.15. The van der Waals surface area contributed by atoms with E-state index in [0.29, 0.717) is 19.8 Å². The van der Waals surface area contributed by atoms with E-state index in [4.69, 9.17) is 14.2 Å². The van der Waals surface area contributed by atoms with Gasteiger partial charge in [-0.2, -0.15) is 0 Å². The third-order valence-electron chi connectivity index (χ3n) is 5.30. The van der Waals surface area contributed by atoms with Crippen molar-refractivity contribution < 1.29 is 19.0 Å². The third kappa shape index (κ3) is 3.03. The molecule has 2 fully saturated rings. The number of carbonyl (C=O) groups excluding carboxylic acids is 1. The maximum Gasteiger partial charge on any atom is 0.316 e. The molecule has 2 aliphatic rings. The fourth-order valence-corrected chi connectivity index (χ4v) is 3.73. The number of hydrogen-bond acceptors (Lipinski definition) is 5. The molecule has 2 aliphatic heterocycles. The minimum absolute atomic E-state index is 0.0284. The fraction of sp³-hybridized carbons (Fsp3) is 0.941. The van der Waals surface area contributed by atoms with Crippen LogP contribution in [0.25, 0.3) is 0 Å².